The average molecular weight is 297 g/mol. The van der Waals surface area contributed by atoms with Crippen molar-refractivity contribution < 1.29 is 14.8 Å². The van der Waals surface area contributed by atoms with Crippen molar-refractivity contribution in [2.24, 2.45) is 0 Å². The number of aliphatic hydroxyl groups excluding tert-OH is 1. The molecule has 0 aliphatic carbocycles. The second kappa shape index (κ2) is 5.38. The number of ketones is 1. The molecular weight excluding hydrogens is 286 g/mol. The van der Waals surface area contributed by atoms with E-state index < -0.39 is 11.5 Å². The summed E-state index contributed by atoms with van der Waals surface area (Å²) < 4.78 is 0. The molecule has 2 aromatic carbocycles. The Morgan fingerprint density at radius 2 is 1.95 bits per heavy atom. The summed E-state index contributed by atoms with van der Waals surface area (Å²) in [6, 6.07) is 10.9. The van der Waals surface area contributed by atoms with Crippen LogP contribution in [0.3, 0.4) is 0 Å². The Balaban J connectivity index is 2.01. The number of nitro groups is 1. The van der Waals surface area contributed by atoms with Gasteiger partial charge in [-0.05, 0) is 30.3 Å². The third kappa shape index (κ3) is 2.45. The number of imidazole rings is 1. The van der Waals surface area contributed by atoms with Gasteiger partial charge in [-0.25, -0.2) is 4.98 Å². The minimum atomic E-state index is -0.547. The number of hydrogen-bond acceptors (Lipinski definition) is 5. The van der Waals surface area contributed by atoms with Crippen molar-refractivity contribution in [3.8, 4) is 11.4 Å². The molecule has 0 unspecified atom stereocenters. The molecule has 3 aromatic rings. The highest BCUT2D eigenvalue weighted by atomic mass is 16.6. The lowest BCUT2D eigenvalue weighted by Gasteiger charge is -1.96. The maximum absolute atomic E-state index is 11.5. The van der Waals surface area contributed by atoms with Gasteiger partial charge in [-0.3, -0.25) is 14.9 Å². The molecule has 22 heavy (non-hydrogen) atoms. The number of non-ortho nitro benzene ring substituents is 1. The molecule has 3 rings (SSSR count). The van der Waals surface area contributed by atoms with E-state index in [-0.39, 0.29) is 11.5 Å². The fraction of sp³-hybridized carbons (Fsp3) is 0.0667. The number of rotatable bonds is 4. The van der Waals surface area contributed by atoms with Crippen molar-refractivity contribution in [1.82, 2.24) is 9.97 Å². The van der Waals surface area contributed by atoms with Gasteiger partial charge in [-0.2, -0.15) is 0 Å². The summed E-state index contributed by atoms with van der Waals surface area (Å²) in [6.07, 6.45) is 0. The van der Waals surface area contributed by atoms with Crippen LogP contribution in [0, 0.1) is 10.1 Å². The van der Waals surface area contributed by atoms with Crippen LogP contribution in [0.1, 0.15) is 10.4 Å². The number of carbonyl (C=O) groups is 1. The first kappa shape index (κ1) is 13.9. The van der Waals surface area contributed by atoms with E-state index in [1.165, 1.54) is 12.1 Å². The largest absolute Gasteiger partial charge is 0.388 e. The summed E-state index contributed by atoms with van der Waals surface area (Å²) in [6.45, 7) is -0.547. The van der Waals surface area contributed by atoms with Gasteiger partial charge in [0.2, 0.25) is 0 Å². The monoisotopic (exact) mass is 297 g/mol. The third-order valence-corrected chi connectivity index (χ3v) is 3.30. The predicted molar refractivity (Wildman–Crippen MR) is 79.6 cm³/mol. The van der Waals surface area contributed by atoms with Crippen molar-refractivity contribution in [3.63, 3.8) is 0 Å². The van der Waals surface area contributed by atoms with Crippen LogP contribution in [0.5, 0.6) is 0 Å². The zero-order valence-corrected chi connectivity index (χ0v) is 11.3. The SMILES string of the molecule is O=C(CO)c1ccc2nc(-c3ccc([N+](=O)[O-])cc3)[nH]c2c1. The number of benzene rings is 2. The molecule has 0 bridgehead atoms. The third-order valence-electron chi connectivity index (χ3n) is 3.30. The molecule has 1 heterocycles. The number of nitro benzene ring substituents is 1. The van der Waals surface area contributed by atoms with Gasteiger partial charge in [0.15, 0.2) is 5.78 Å². The second-order valence-electron chi connectivity index (χ2n) is 4.70. The van der Waals surface area contributed by atoms with Crippen molar-refractivity contribution in [2.75, 3.05) is 6.61 Å². The summed E-state index contributed by atoms with van der Waals surface area (Å²) in [5.41, 5.74) is 2.44. The average Bonchev–Trinajstić information content (AvgIpc) is 2.97. The van der Waals surface area contributed by atoms with Gasteiger partial charge >= 0.3 is 0 Å². The van der Waals surface area contributed by atoms with Crippen molar-refractivity contribution in [3.05, 3.63) is 58.1 Å². The number of Topliss-reactive ketones (excluding diaryl/α,β-unsaturated/α-hetero) is 1. The number of nitrogens with one attached hydrogen (secondary N) is 1. The van der Waals surface area contributed by atoms with Crippen LogP contribution < -0.4 is 0 Å². The van der Waals surface area contributed by atoms with Gasteiger partial charge < -0.3 is 10.1 Å². The maximum atomic E-state index is 11.5. The zero-order chi connectivity index (χ0) is 15.7. The van der Waals surface area contributed by atoms with E-state index >= 15 is 0 Å². The minimum Gasteiger partial charge on any atom is -0.388 e. The summed E-state index contributed by atoms with van der Waals surface area (Å²) in [5, 5.41) is 19.5. The second-order valence-corrected chi connectivity index (χ2v) is 4.70. The first-order valence-electron chi connectivity index (χ1n) is 6.47. The molecule has 2 N–H and O–H groups in total. The standard InChI is InChI=1S/C15H11N3O4/c19-8-14(20)10-3-6-12-13(7-10)17-15(16-12)9-1-4-11(5-2-9)18(21)22/h1-7,19H,8H2,(H,16,17). The molecule has 0 fully saturated rings. The fourth-order valence-electron chi connectivity index (χ4n) is 2.15. The highest BCUT2D eigenvalue weighted by Gasteiger charge is 2.10. The number of carbonyl (C=O) groups excluding carboxylic acids is 1. The van der Waals surface area contributed by atoms with E-state index in [1.807, 2.05) is 0 Å². The normalized spacial score (nSPS) is 10.8. The molecule has 7 nitrogen and oxygen atoms in total. The van der Waals surface area contributed by atoms with Crippen LogP contribution in [0.2, 0.25) is 0 Å². The fourth-order valence-corrected chi connectivity index (χ4v) is 2.15. The smallest absolute Gasteiger partial charge is 0.269 e. The Kier molecular flexibility index (Phi) is 3.40. The van der Waals surface area contributed by atoms with Gasteiger partial charge in [0.1, 0.15) is 12.4 Å². The number of aromatic amines is 1. The van der Waals surface area contributed by atoms with E-state index in [2.05, 4.69) is 9.97 Å². The highest BCUT2D eigenvalue weighted by Crippen LogP contribution is 2.23. The Morgan fingerprint density at radius 3 is 2.59 bits per heavy atom. The number of aliphatic hydroxyl groups is 1. The van der Waals surface area contributed by atoms with Gasteiger partial charge in [0.05, 0.1) is 16.0 Å². The van der Waals surface area contributed by atoms with Crippen molar-refractivity contribution in [2.45, 2.75) is 0 Å². The van der Waals surface area contributed by atoms with Gasteiger partial charge in [0.25, 0.3) is 5.69 Å². The lowest BCUT2D eigenvalue weighted by molar-refractivity contribution is -0.384. The van der Waals surface area contributed by atoms with Crippen molar-refractivity contribution >= 4 is 22.5 Å². The molecule has 0 aliphatic heterocycles. The summed E-state index contributed by atoms with van der Waals surface area (Å²) in [4.78, 5) is 29.1. The lowest BCUT2D eigenvalue weighted by Crippen LogP contribution is -2.03. The van der Waals surface area contributed by atoms with Gasteiger partial charge in [-0.15, -0.1) is 0 Å². The molecule has 0 amide bonds. The van der Waals surface area contributed by atoms with Crippen molar-refractivity contribution in [1.29, 1.82) is 0 Å². The number of hydrogen-bond donors (Lipinski definition) is 2. The Hall–Kier alpha value is -3.06. The Bertz CT molecular complexity index is 868. The van der Waals surface area contributed by atoms with E-state index in [0.717, 1.165) is 0 Å². The first-order chi connectivity index (χ1) is 10.6. The molecular formula is C15H11N3O4. The lowest BCUT2D eigenvalue weighted by atomic mass is 10.1. The molecule has 0 saturated heterocycles. The van der Waals surface area contributed by atoms with E-state index in [4.69, 9.17) is 5.11 Å². The molecule has 0 spiro atoms. The van der Waals surface area contributed by atoms with Gasteiger partial charge in [-0.1, -0.05) is 0 Å². The maximum Gasteiger partial charge on any atom is 0.269 e. The molecule has 0 radical (unpaired) electrons. The number of nitrogens with zero attached hydrogens (tertiary/aromatic N) is 2. The van der Waals surface area contributed by atoms with Crippen LogP contribution in [0.4, 0.5) is 5.69 Å². The summed E-state index contributed by atoms with van der Waals surface area (Å²) >= 11 is 0. The van der Waals surface area contributed by atoms with E-state index in [0.29, 0.717) is 28.0 Å². The number of aromatic nitrogens is 2. The molecule has 7 heteroatoms. The molecule has 110 valence electrons. The minimum absolute atomic E-state index is 0.00990. The van der Waals surface area contributed by atoms with Gasteiger partial charge in [0, 0.05) is 23.3 Å². The van der Waals surface area contributed by atoms with E-state index in [1.54, 1.807) is 30.3 Å². The van der Waals surface area contributed by atoms with Crippen LogP contribution in [0.25, 0.3) is 22.4 Å². The number of fused-ring (bicyclic) bond motifs is 1. The van der Waals surface area contributed by atoms with Crippen LogP contribution in [-0.4, -0.2) is 32.4 Å². The quantitative estimate of drug-likeness (QED) is 0.436. The Morgan fingerprint density at radius 1 is 1.23 bits per heavy atom. The van der Waals surface area contributed by atoms with Crippen LogP contribution in [-0.2, 0) is 0 Å². The first-order valence-corrected chi connectivity index (χ1v) is 6.47. The summed E-state index contributed by atoms with van der Waals surface area (Å²) in [5.74, 6) is 0.187. The predicted octanol–water partition coefficient (Wildman–Crippen LogP) is 2.31. The van der Waals surface area contributed by atoms with Crippen LogP contribution in [0.15, 0.2) is 42.5 Å². The Labute approximate surface area is 124 Å². The molecule has 0 atom stereocenters. The zero-order valence-electron chi connectivity index (χ0n) is 11.3. The summed E-state index contributed by atoms with van der Waals surface area (Å²) in [7, 11) is 0. The molecule has 0 aliphatic rings. The molecule has 1 aromatic heterocycles. The van der Waals surface area contributed by atoms with Crippen LogP contribution >= 0.6 is 0 Å². The topological polar surface area (TPSA) is 109 Å². The van der Waals surface area contributed by atoms with E-state index in [9.17, 15) is 14.9 Å². The highest BCUT2D eigenvalue weighted by molar-refractivity contribution is 5.99. The molecule has 0 saturated carbocycles. The number of H-pyrrole nitrogens is 1.